The molecule has 0 unspecified atom stereocenters. The number of hydrogen-bond donors (Lipinski definition) is 3. The van der Waals surface area contributed by atoms with E-state index >= 15 is 0 Å². The van der Waals surface area contributed by atoms with Crippen molar-refractivity contribution in [2.75, 3.05) is 12.4 Å². The smallest absolute Gasteiger partial charge is 0.352 e. The average Bonchev–Trinajstić information content (AvgIpc) is 2.60. The number of pyridine rings is 1. The van der Waals surface area contributed by atoms with Gasteiger partial charge in [0, 0.05) is 24.3 Å². The number of anilines is 1. The van der Waals surface area contributed by atoms with Gasteiger partial charge in [-0.2, -0.15) is 0 Å². The SMILES string of the molecule is CNc1ccnc2[nH]c(C(=O)O)cc12. The number of H-pyrrole nitrogens is 1. The van der Waals surface area contributed by atoms with E-state index in [1.807, 2.05) is 0 Å². The van der Waals surface area contributed by atoms with E-state index < -0.39 is 5.97 Å². The van der Waals surface area contributed by atoms with E-state index in [-0.39, 0.29) is 5.69 Å². The summed E-state index contributed by atoms with van der Waals surface area (Å²) < 4.78 is 0. The highest BCUT2D eigenvalue weighted by atomic mass is 16.4. The summed E-state index contributed by atoms with van der Waals surface area (Å²) in [6, 6.07) is 3.36. The van der Waals surface area contributed by atoms with Gasteiger partial charge in [-0.15, -0.1) is 0 Å². The minimum Gasteiger partial charge on any atom is -0.477 e. The third kappa shape index (κ3) is 1.19. The second-order valence-electron chi connectivity index (χ2n) is 2.86. The number of carbonyl (C=O) groups is 1. The fourth-order valence-electron chi connectivity index (χ4n) is 1.36. The number of hydrogen-bond acceptors (Lipinski definition) is 3. The van der Waals surface area contributed by atoms with Crippen LogP contribution in [0.15, 0.2) is 18.3 Å². The fourth-order valence-corrected chi connectivity index (χ4v) is 1.36. The van der Waals surface area contributed by atoms with Gasteiger partial charge in [0.15, 0.2) is 0 Å². The first-order valence-electron chi connectivity index (χ1n) is 4.11. The number of aromatic carboxylic acids is 1. The van der Waals surface area contributed by atoms with Crippen LogP contribution < -0.4 is 5.32 Å². The van der Waals surface area contributed by atoms with Gasteiger partial charge >= 0.3 is 5.97 Å². The largest absolute Gasteiger partial charge is 0.477 e. The van der Waals surface area contributed by atoms with E-state index in [0.717, 1.165) is 11.1 Å². The van der Waals surface area contributed by atoms with Crippen LogP contribution in [0.5, 0.6) is 0 Å². The number of fused-ring (bicyclic) bond motifs is 1. The molecule has 2 aromatic rings. The highest BCUT2D eigenvalue weighted by molar-refractivity contribution is 5.97. The van der Waals surface area contributed by atoms with E-state index in [2.05, 4.69) is 15.3 Å². The average molecular weight is 191 g/mol. The molecule has 0 amide bonds. The zero-order valence-electron chi connectivity index (χ0n) is 7.53. The molecule has 0 aliphatic rings. The van der Waals surface area contributed by atoms with Gasteiger partial charge in [-0.1, -0.05) is 0 Å². The molecule has 0 fully saturated rings. The molecule has 0 saturated carbocycles. The molecule has 0 aliphatic carbocycles. The van der Waals surface area contributed by atoms with Gasteiger partial charge in [-0.3, -0.25) is 0 Å². The van der Waals surface area contributed by atoms with E-state index in [4.69, 9.17) is 5.11 Å². The molecule has 5 heteroatoms. The molecule has 0 atom stereocenters. The van der Waals surface area contributed by atoms with Crippen molar-refractivity contribution in [3.63, 3.8) is 0 Å². The van der Waals surface area contributed by atoms with Gasteiger partial charge in [0.1, 0.15) is 11.3 Å². The van der Waals surface area contributed by atoms with E-state index in [0.29, 0.717) is 5.65 Å². The second kappa shape index (κ2) is 3.02. The minimum absolute atomic E-state index is 0.148. The maximum Gasteiger partial charge on any atom is 0.352 e. The fraction of sp³-hybridized carbons (Fsp3) is 0.111. The summed E-state index contributed by atoms with van der Waals surface area (Å²) >= 11 is 0. The topological polar surface area (TPSA) is 78.0 Å². The third-order valence-corrected chi connectivity index (χ3v) is 2.03. The molecule has 14 heavy (non-hydrogen) atoms. The molecule has 0 spiro atoms. The van der Waals surface area contributed by atoms with Crippen LogP contribution >= 0.6 is 0 Å². The van der Waals surface area contributed by atoms with Crippen molar-refractivity contribution in [3.05, 3.63) is 24.0 Å². The monoisotopic (exact) mass is 191 g/mol. The van der Waals surface area contributed by atoms with Crippen LogP contribution in [0.3, 0.4) is 0 Å². The van der Waals surface area contributed by atoms with E-state index in [1.165, 1.54) is 0 Å². The lowest BCUT2D eigenvalue weighted by Gasteiger charge is -1.98. The van der Waals surface area contributed by atoms with Crippen LogP contribution in [-0.2, 0) is 0 Å². The molecule has 2 heterocycles. The van der Waals surface area contributed by atoms with Crippen LogP contribution in [0, 0.1) is 0 Å². The van der Waals surface area contributed by atoms with Gasteiger partial charge < -0.3 is 15.4 Å². The molecule has 5 nitrogen and oxygen atoms in total. The van der Waals surface area contributed by atoms with Crippen molar-refractivity contribution in [2.24, 2.45) is 0 Å². The van der Waals surface area contributed by atoms with Gasteiger partial charge in [0.05, 0.1) is 0 Å². The number of rotatable bonds is 2. The van der Waals surface area contributed by atoms with Gasteiger partial charge in [-0.25, -0.2) is 9.78 Å². The molecule has 0 radical (unpaired) electrons. The molecule has 72 valence electrons. The first-order chi connectivity index (χ1) is 6.72. The summed E-state index contributed by atoms with van der Waals surface area (Å²) in [6.45, 7) is 0. The Morgan fingerprint density at radius 1 is 1.64 bits per heavy atom. The predicted octanol–water partition coefficient (Wildman–Crippen LogP) is 1.30. The number of carboxylic acids is 1. The Labute approximate surface area is 79.8 Å². The van der Waals surface area contributed by atoms with Crippen molar-refractivity contribution in [3.8, 4) is 0 Å². The van der Waals surface area contributed by atoms with Crippen LogP contribution in [0.2, 0.25) is 0 Å². The van der Waals surface area contributed by atoms with Crippen molar-refractivity contribution in [1.82, 2.24) is 9.97 Å². The molecular weight excluding hydrogens is 182 g/mol. The highest BCUT2D eigenvalue weighted by Gasteiger charge is 2.09. The van der Waals surface area contributed by atoms with Crippen LogP contribution in [0.25, 0.3) is 11.0 Å². The summed E-state index contributed by atoms with van der Waals surface area (Å²) in [4.78, 5) is 17.4. The molecule has 3 N–H and O–H groups in total. The molecule has 0 bridgehead atoms. The number of carboxylic acid groups (broad SMARTS) is 1. The standard InChI is InChI=1S/C9H9N3O2/c1-10-6-2-3-11-8-5(6)4-7(12-8)9(13)14/h2-4H,1H3,(H,13,14)(H2,10,11,12). The Hall–Kier alpha value is -2.04. The van der Waals surface area contributed by atoms with Crippen molar-refractivity contribution < 1.29 is 9.90 Å². The summed E-state index contributed by atoms with van der Waals surface area (Å²) in [5.41, 5.74) is 1.59. The predicted molar refractivity (Wildman–Crippen MR) is 52.6 cm³/mol. The van der Waals surface area contributed by atoms with Crippen LogP contribution in [-0.4, -0.2) is 28.1 Å². The number of nitrogens with one attached hydrogen (secondary N) is 2. The lowest BCUT2D eigenvalue weighted by molar-refractivity contribution is 0.0691. The van der Waals surface area contributed by atoms with E-state index in [9.17, 15) is 4.79 Å². The van der Waals surface area contributed by atoms with Gasteiger partial charge in [-0.05, 0) is 12.1 Å². The lowest BCUT2D eigenvalue weighted by atomic mass is 10.3. The summed E-state index contributed by atoms with van der Waals surface area (Å²) in [7, 11) is 1.78. The number of aromatic amines is 1. The Morgan fingerprint density at radius 3 is 3.07 bits per heavy atom. The Balaban J connectivity index is 2.70. The molecule has 0 aromatic carbocycles. The Bertz CT molecular complexity index is 490. The first kappa shape index (κ1) is 8.55. The molecule has 2 aromatic heterocycles. The zero-order valence-corrected chi connectivity index (χ0v) is 7.53. The summed E-state index contributed by atoms with van der Waals surface area (Å²) in [6.07, 6.45) is 1.62. The van der Waals surface area contributed by atoms with Gasteiger partial charge in [0.25, 0.3) is 0 Å². The normalized spacial score (nSPS) is 10.4. The van der Waals surface area contributed by atoms with Crippen LogP contribution in [0.4, 0.5) is 5.69 Å². The highest BCUT2D eigenvalue weighted by Crippen LogP contribution is 2.21. The molecular formula is C9H9N3O2. The summed E-state index contributed by atoms with van der Waals surface area (Å²) in [5.74, 6) is -0.981. The van der Waals surface area contributed by atoms with Crippen LogP contribution in [0.1, 0.15) is 10.5 Å². The molecule has 2 rings (SSSR count). The van der Waals surface area contributed by atoms with Crippen molar-refractivity contribution >= 4 is 22.7 Å². The third-order valence-electron chi connectivity index (χ3n) is 2.03. The maximum atomic E-state index is 10.7. The quantitative estimate of drug-likeness (QED) is 0.668. The molecule has 0 saturated heterocycles. The van der Waals surface area contributed by atoms with Crippen molar-refractivity contribution in [1.29, 1.82) is 0 Å². The Morgan fingerprint density at radius 2 is 2.43 bits per heavy atom. The Kier molecular flexibility index (Phi) is 1.85. The zero-order chi connectivity index (χ0) is 10.1. The first-order valence-corrected chi connectivity index (χ1v) is 4.11. The lowest BCUT2D eigenvalue weighted by Crippen LogP contribution is -1.94. The molecule has 0 aliphatic heterocycles. The maximum absolute atomic E-state index is 10.7. The summed E-state index contributed by atoms with van der Waals surface area (Å²) in [5, 5.41) is 12.5. The number of aromatic nitrogens is 2. The van der Waals surface area contributed by atoms with E-state index in [1.54, 1.807) is 25.4 Å². The van der Waals surface area contributed by atoms with Crippen molar-refractivity contribution in [2.45, 2.75) is 0 Å². The number of nitrogens with zero attached hydrogens (tertiary/aromatic N) is 1. The minimum atomic E-state index is -0.981. The van der Waals surface area contributed by atoms with Gasteiger partial charge in [0.2, 0.25) is 0 Å². The second-order valence-corrected chi connectivity index (χ2v) is 2.86.